The standard InChI is InChI=1S/C15H25N3O/c1-6-8-12-9-11(10-13(16-5)17-12)14(19)18-15(3,4)7-2/h9-10H,6-8H2,1-5H3,(H,16,17)(H,18,19). The minimum atomic E-state index is -0.189. The number of carbonyl (C=O) groups excluding carboxylic acids is 1. The molecule has 0 fully saturated rings. The van der Waals surface area contributed by atoms with Crippen LogP contribution in [0.3, 0.4) is 0 Å². The van der Waals surface area contributed by atoms with Crippen LogP contribution in [0.5, 0.6) is 0 Å². The number of aryl methyl sites for hydroxylation is 1. The highest BCUT2D eigenvalue weighted by Crippen LogP contribution is 2.14. The first-order valence-electron chi connectivity index (χ1n) is 6.93. The fourth-order valence-electron chi connectivity index (χ4n) is 1.70. The summed E-state index contributed by atoms with van der Waals surface area (Å²) in [6.07, 6.45) is 2.79. The minimum absolute atomic E-state index is 0.0388. The average Bonchev–Trinajstić information content (AvgIpc) is 2.38. The van der Waals surface area contributed by atoms with Crippen LogP contribution in [0.2, 0.25) is 0 Å². The molecule has 0 bridgehead atoms. The molecule has 4 nitrogen and oxygen atoms in total. The van der Waals surface area contributed by atoms with Gasteiger partial charge in [0.15, 0.2) is 0 Å². The normalized spacial score (nSPS) is 11.2. The predicted octanol–water partition coefficient (Wildman–Crippen LogP) is 2.99. The lowest BCUT2D eigenvalue weighted by atomic mass is 10.0. The number of pyridine rings is 1. The molecule has 19 heavy (non-hydrogen) atoms. The molecule has 1 amide bonds. The van der Waals surface area contributed by atoms with E-state index < -0.39 is 0 Å². The van der Waals surface area contributed by atoms with Gasteiger partial charge in [-0.2, -0.15) is 0 Å². The summed E-state index contributed by atoms with van der Waals surface area (Å²) >= 11 is 0. The topological polar surface area (TPSA) is 54.0 Å². The van der Waals surface area contributed by atoms with E-state index >= 15 is 0 Å². The molecule has 1 aromatic rings. The summed E-state index contributed by atoms with van der Waals surface area (Å²) < 4.78 is 0. The van der Waals surface area contributed by atoms with Crippen LogP contribution in [-0.2, 0) is 6.42 Å². The number of anilines is 1. The summed E-state index contributed by atoms with van der Waals surface area (Å²) in [5, 5.41) is 6.06. The molecule has 0 aliphatic carbocycles. The quantitative estimate of drug-likeness (QED) is 0.829. The smallest absolute Gasteiger partial charge is 0.251 e. The number of rotatable bonds is 6. The zero-order valence-corrected chi connectivity index (χ0v) is 12.6. The monoisotopic (exact) mass is 263 g/mol. The third kappa shape index (κ3) is 4.54. The maximum Gasteiger partial charge on any atom is 0.251 e. The molecule has 2 N–H and O–H groups in total. The third-order valence-corrected chi connectivity index (χ3v) is 3.24. The average molecular weight is 263 g/mol. The van der Waals surface area contributed by atoms with Crippen molar-refractivity contribution in [2.45, 2.75) is 52.5 Å². The van der Waals surface area contributed by atoms with Gasteiger partial charge >= 0.3 is 0 Å². The first-order chi connectivity index (χ1) is 8.91. The van der Waals surface area contributed by atoms with Gasteiger partial charge in [-0.3, -0.25) is 4.79 Å². The van der Waals surface area contributed by atoms with E-state index in [4.69, 9.17) is 0 Å². The number of hydrogen-bond donors (Lipinski definition) is 2. The predicted molar refractivity (Wildman–Crippen MR) is 79.6 cm³/mol. The third-order valence-electron chi connectivity index (χ3n) is 3.24. The second-order valence-corrected chi connectivity index (χ2v) is 5.42. The van der Waals surface area contributed by atoms with Gasteiger partial charge in [-0.15, -0.1) is 0 Å². The fourth-order valence-corrected chi connectivity index (χ4v) is 1.70. The van der Waals surface area contributed by atoms with Crippen molar-refractivity contribution in [3.05, 3.63) is 23.4 Å². The first-order valence-corrected chi connectivity index (χ1v) is 6.93. The highest BCUT2D eigenvalue weighted by molar-refractivity contribution is 5.95. The van der Waals surface area contributed by atoms with Gasteiger partial charge in [-0.25, -0.2) is 4.98 Å². The lowest BCUT2D eigenvalue weighted by Gasteiger charge is -2.24. The maximum atomic E-state index is 12.3. The Bertz CT molecular complexity index is 441. The van der Waals surface area contributed by atoms with Crippen LogP contribution >= 0.6 is 0 Å². The van der Waals surface area contributed by atoms with Gasteiger partial charge in [0, 0.05) is 23.8 Å². The SMILES string of the molecule is CCCc1cc(C(=O)NC(C)(C)CC)cc(NC)n1. The largest absolute Gasteiger partial charge is 0.373 e. The summed E-state index contributed by atoms with van der Waals surface area (Å²) in [6.45, 7) is 8.22. The molecule has 0 atom stereocenters. The van der Waals surface area contributed by atoms with Crippen LogP contribution in [0, 0.1) is 0 Å². The van der Waals surface area contributed by atoms with Crippen LogP contribution in [0.25, 0.3) is 0 Å². The Morgan fingerprint density at radius 1 is 1.32 bits per heavy atom. The van der Waals surface area contributed by atoms with Gasteiger partial charge < -0.3 is 10.6 Å². The van der Waals surface area contributed by atoms with E-state index in [0.29, 0.717) is 5.56 Å². The van der Waals surface area contributed by atoms with Gasteiger partial charge in [-0.05, 0) is 38.8 Å². The van der Waals surface area contributed by atoms with Gasteiger partial charge in [0.1, 0.15) is 5.82 Å². The summed E-state index contributed by atoms with van der Waals surface area (Å²) in [4.78, 5) is 16.7. The zero-order valence-electron chi connectivity index (χ0n) is 12.6. The molecule has 106 valence electrons. The molecule has 0 saturated heterocycles. The molecule has 0 spiro atoms. The minimum Gasteiger partial charge on any atom is -0.373 e. The van der Waals surface area contributed by atoms with E-state index in [1.165, 1.54) is 0 Å². The van der Waals surface area contributed by atoms with E-state index in [0.717, 1.165) is 30.8 Å². The zero-order chi connectivity index (χ0) is 14.5. The summed E-state index contributed by atoms with van der Waals surface area (Å²) in [5.41, 5.74) is 1.43. The van der Waals surface area contributed by atoms with E-state index in [9.17, 15) is 4.79 Å². The number of carbonyl (C=O) groups is 1. The van der Waals surface area contributed by atoms with Gasteiger partial charge in [0.05, 0.1) is 0 Å². The number of aromatic nitrogens is 1. The van der Waals surface area contributed by atoms with Crippen LogP contribution < -0.4 is 10.6 Å². The van der Waals surface area contributed by atoms with Gasteiger partial charge in [0.2, 0.25) is 0 Å². The second-order valence-electron chi connectivity index (χ2n) is 5.42. The Morgan fingerprint density at radius 2 is 2.00 bits per heavy atom. The van der Waals surface area contributed by atoms with Gasteiger partial charge in [0.25, 0.3) is 5.91 Å². The van der Waals surface area contributed by atoms with Crippen molar-refractivity contribution >= 4 is 11.7 Å². The van der Waals surface area contributed by atoms with Gasteiger partial charge in [-0.1, -0.05) is 20.3 Å². The molecule has 1 heterocycles. The molecular weight excluding hydrogens is 238 g/mol. The van der Waals surface area contributed by atoms with Crippen molar-refractivity contribution in [2.75, 3.05) is 12.4 Å². The number of hydrogen-bond acceptors (Lipinski definition) is 3. The van der Waals surface area contributed by atoms with E-state index in [1.807, 2.05) is 27.0 Å². The Labute approximate surface area is 116 Å². The summed E-state index contributed by atoms with van der Waals surface area (Å²) in [6, 6.07) is 3.67. The molecular formula is C15H25N3O. The Morgan fingerprint density at radius 3 is 2.53 bits per heavy atom. The number of nitrogens with one attached hydrogen (secondary N) is 2. The molecule has 1 aromatic heterocycles. The molecule has 4 heteroatoms. The van der Waals surface area contributed by atoms with Crippen molar-refractivity contribution in [1.29, 1.82) is 0 Å². The second kappa shape index (κ2) is 6.55. The molecule has 0 unspecified atom stereocenters. The summed E-state index contributed by atoms with van der Waals surface area (Å²) in [5.74, 6) is 0.702. The highest BCUT2D eigenvalue weighted by Gasteiger charge is 2.19. The Hall–Kier alpha value is -1.58. The molecule has 1 rings (SSSR count). The Balaban J connectivity index is 2.98. The molecule has 0 saturated carbocycles. The number of nitrogens with zero attached hydrogens (tertiary/aromatic N) is 1. The van der Waals surface area contributed by atoms with Crippen molar-refractivity contribution in [1.82, 2.24) is 10.3 Å². The van der Waals surface area contributed by atoms with E-state index in [1.54, 1.807) is 6.07 Å². The molecule has 0 aliphatic heterocycles. The summed E-state index contributed by atoms with van der Waals surface area (Å²) in [7, 11) is 1.82. The van der Waals surface area contributed by atoms with Crippen LogP contribution in [0.1, 0.15) is 56.6 Å². The maximum absolute atomic E-state index is 12.3. The van der Waals surface area contributed by atoms with Crippen LogP contribution in [0.4, 0.5) is 5.82 Å². The molecule has 0 aliphatic rings. The lowest BCUT2D eigenvalue weighted by Crippen LogP contribution is -2.42. The molecule has 0 radical (unpaired) electrons. The van der Waals surface area contributed by atoms with Crippen molar-refractivity contribution in [3.8, 4) is 0 Å². The van der Waals surface area contributed by atoms with Crippen LogP contribution in [0.15, 0.2) is 12.1 Å². The van der Waals surface area contributed by atoms with Crippen molar-refractivity contribution in [2.24, 2.45) is 0 Å². The van der Waals surface area contributed by atoms with Crippen molar-refractivity contribution < 1.29 is 4.79 Å². The highest BCUT2D eigenvalue weighted by atomic mass is 16.1. The van der Waals surface area contributed by atoms with E-state index in [2.05, 4.69) is 29.5 Å². The first kappa shape index (κ1) is 15.5. The molecule has 0 aromatic carbocycles. The van der Waals surface area contributed by atoms with E-state index in [-0.39, 0.29) is 11.4 Å². The van der Waals surface area contributed by atoms with Crippen molar-refractivity contribution in [3.63, 3.8) is 0 Å². The lowest BCUT2D eigenvalue weighted by molar-refractivity contribution is 0.0911. The number of amides is 1. The fraction of sp³-hybridized carbons (Fsp3) is 0.600. The van der Waals surface area contributed by atoms with Crippen LogP contribution in [-0.4, -0.2) is 23.5 Å². The Kier molecular flexibility index (Phi) is 5.33.